The minimum Gasteiger partial charge on any atom is -0.0588 e. The SMILES string of the molecule is Cc1cc(C)c(C)cc1C.Cc1cc2cc(C)c(C)cc2cc1C.Cc1ccc(-c2ccc(C)c(C)c2)cc1C.Cc1ccc(C)c(C)c1C.Cc1ccc(Cc2ccc(C)c(C)c2)cc1C. The van der Waals surface area contributed by atoms with Crippen molar-refractivity contribution in [2.45, 2.75) is 145 Å². The zero-order chi connectivity index (χ0) is 49.9. The van der Waals surface area contributed by atoms with E-state index in [1.165, 1.54) is 144 Å². The van der Waals surface area contributed by atoms with E-state index in [1.807, 2.05) is 0 Å². The van der Waals surface area contributed by atoms with Gasteiger partial charge in [0.1, 0.15) is 0 Å². The summed E-state index contributed by atoms with van der Waals surface area (Å²) < 4.78 is 0. The zero-order valence-electron chi connectivity index (χ0n) is 45.3. The maximum absolute atomic E-state index is 2.30. The molecule has 8 rings (SSSR count). The van der Waals surface area contributed by atoms with Crippen molar-refractivity contribution in [2.75, 3.05) is 0 Å². The second-order valence-corrected chi connectivity index (χ2v) is 19.8. The summed E-state index contributed by atoms with van der Waals surface area (Å²) in [6.07, 6.45) is 1.03. The van der Waals surface area contributed by atoms with Gasteiger partial charge in [-0.15, -0.1) is 0 Å². The molecule has 0 saturated carbocycles. The topological polar surface area (TPSA) is 0 Å². The van der Waals surface area contributed by atoms with Crippen LogP contribution in [0.25, 0.3) is 21.9 Å². The van der Waals surface area contributed by atoms with Crippen molar-refractivity contribution in [3.05, 3.63) is 244 Å². The van der Waals surface area contributed by atoms with Crippen molar-refractivity contribution in [2.24, 2.45) is 0 Å². The van der Waals surface area contributed by atoms with Crippen LogP contribution < -0.4 is 0 Å². The molecule has 67 heavy (non-hydrogen) atoms. The Bertz CT molecular complexity index is 2700. The van der Waals surface area contributed by atoms with Crippen LogP contribution in [0.1, 0.15) is 122 Å². The standard InChI is InChI=1S/C17H20.C16H18.C14H16.2C10H14/c1-12-5-7-16(9-14(12)3)11-17-8-6-13(2)15(4)10-17;1-11-5-7-15(9-13(11)3)16-8-6-12(2)14(4)10-16;1-9-5-13-7-11(3)12(4)8-14(13)6-10(9)2;1-7-5-9(3)10(4)6-8(7)2;1-7-5-6-8(2)10(4)9(7)3/h5-10H,11H2,1-4H3;5-10H,1-4H3;5-8H,1-4H3;2*5-6H,1-4H3. The van der Waals surface area contributed by atoms with Gasteiger partial charge in [0, 0.05) is 0 Å². The van der Waals surface area contributed by atoms with Crippen molar-refractivity contribution in [3.63, 3.8) is 0 Å². The third kappa shape index (κ3) is 15.3. The lowest BCUT2D eigenvalue weighted by Gasteiger charge is -2.08. The molecule has 0 unspecified atom stereocenters. The third-order valence-electron chi connectivity index (χ3n) is 14.4. The summed E-state index contributed by atoms with van der Waals surface area (Å²) in [6.45, 7) is 43.3. The highest BCUT2D eigenvalue weighted by Gasteiger charge is 2.04. The summed E-state index contributed by atoms with van der Waals surface area (Å²) in [5, 5.41) is 2.72. The van der Waals surface area contributed by atoms with E-state index >= 15 is 0 Å². The van der Waals surface area contributed by atoms with Gasteiger partial charge in [-0.2, -0.15) is 0 Å². The number of hydrogen-bond donors (Lipinski definition) is 0. The number of rotatable bonds is 3. The molecule has 0 atom stereocenters. The summed E-state index contributed by atoms with van der Waals surface area (Å²) in [6, 6.07) is 44.7. The van der Waals surface area contributed by atoms with Gasteiger partial charge < -0.3 is 0 Å². The molecule has 8 aromatic carbocycles. The highest BCUT2D eigenvalue weighted by atomic mass is 14.1. The normalized spacial score (nSPS) is 10.4. The van der Waals surface area contributed by atoms with E-state index in [0.717, 1.165) is 6.42 Å². The van der Waals surface area contributed by atoms with Crippen LogP contribution in [-0.4, -0.2) is 0 Å². The minimum absolute atomic E-state index is 1.03. The lowest BCUT2D eigenvalue weighted by atomic mass is 9.98. The summed E-state index contributed by atoms with van der Waals surface area (Å²) in [4.78, 5) is 0. The van der Waals surface area contributed by atoms with Gasteiger partial charge >= 0.3 is 0 Å². The molecule has 0 bridgehead atoms. The van der Waals surface area contributed by atoms with Gasteiger partial charge in [-0.05, 0) is 289 Å². The van der Waals surface area contributed by atoms with Crippen LogP contribution in [0.2, 0.25) is 0 Å². The predicted molar refractivity (Wildman–Crippen MR) is 299 cm³/mol. The van der Waals surface area contributed by atoms with Crippen molar-refractivity contribution in [1.29, 1.82) is 0 Å². The molecule has 0 aliphatic rings. The Balaban J connectivity index is 0.000000186. The quantitative estimate of drug-likeness (QED) is 0.166. The molecule has 8 aromatic rings. The second-order valence-electron chi connectivity index (χ2n) is 19.8. The molecule has 0 heterocycles. The summed E-state index contributed by atoms with van der Waals surface area (Å²) in [5.74, 6) is 0. The first-order valence-corrected chi connectivity index (χ1v) is 24.3. The smallest absolute Gasteiger partial charge is 0.00256 e. The average Bonchev–Trinajstić information content (AvgIpc) is 3.27. The second kappa shape index (κ2) is 24.2. The van der Waals surface area contributed by atoms with E-state index in [2.05, 4.69) is 260 Å². The Morgan fingerprint density at radius 2 is 0.418 bits per heavy atom. The van der Waals surface area contributed by atoms with Crippen LogP contribution >= 0.6 is 0 Å². The maximum atomic E-state index is 2.30. The summed E-state index contributed by atoms with van der Waals surface area (Å²) in [7, 11) is 0. The minimum atomic E-state index is 1.03. The summed E-state index contributed by atoms with van der Waals surface area (Å²) >= 11 is 0. The Morgan fingerprint density at radius 1 is 0.194 bits per heavy atom. The molecular formula is C67H82. The third-order valence-corrected chi connectivity index (χ3v) is 14.4. The average molecular weight is 887 g/mol. The van der Waals surface area contributed by atoms with Crippen LogP contribution in [0.3, 0.4) is 0 Å². The van der Waals surface area contributed by atoms with E-state index < -0.39 is 0 Å². The highest BCUT2D eigenvalue weighted by molar-refractivity contribution is 5.85. The largest absolute Gasteiger partial charge is 0.0588 e. The van der Waals surface area contributed by atoms with Gasteiger partial charge in [0.2, 0.25) is 0 Å². The van der Waals surface area contributed by atoms with Crippen molar-refractivity contribution < 1.29 is 0 Å². The first-order chi connectivity index (χ1) is 31.4. The van der Waals surface area contributed by atoms with Gasteiger partial charge in [-0.25, -0.2) is 0 Å². The lowest BCUT2D eigenvalue weighted by molar-refractivity contribution is 1.15. The predicted octanol–water partition coefficient (Wildman–Crippen LogP) is 19.0. The zero-order valence-corrected chi connectivity index (χ0v) is 45.3. The van der Waals surface area contributed by atoms with Gasteiger partial charge in [-0.1, -0.05) is 121 Å². The molecular weight excluding hydrogens is 805 g/mol. The van der Waals surface area contributed by atoms with E-state index in [-0.39, 0.29) is 0 Å². The Morgan fingerprint density at radius 3 is 0.687 bits per heavy atom. The van der Waals surface area contributed by atoms with Crippen LogP contribution in [-0.2, 0) is 6.42 Å². The molecule has 0 fully saturated rings. The maximum Gasteiger partial charge on any atom is -0.00256 e. The number of benzene rings is 8. The van der Waals surface area contributed by atoms with Gasteiger partial charge in [0.05, 0.1) is 0 Å². The molecule has 0 aliphatic heterocycles. The molecule has 0 spiro atoms. The number of fused-ring (bicyclic) bond motifs is 1. The van der Waals surface area contributed by atoms with Crippen molar-refractivity contribution in [1.82, 2.24) is 0 Å². The van der Waals surface area contributed by atoms with E-state index in [9.17, 15) is 0 Å². The highest BCUT2D eigenvalue weighted by Crippen LogP contribution is 2.25. The molecule has 0 aromatic heterocycles. The monoisotopic (exact) mass is 887 g/mol. The first-order valence-electron chi connectivity index (χ1n) is 24.3. The number of aryl methyl sites for hydroxylation is 18. The summed E-state index contributed by atoms with van der Waals surface area (Å²) in [5.41, 5.74) is 33.1. The fourth-order valence-corrected chi connectivity index (χ4v) is 7.91. The van der Waals surface area contributed by atoms with Crippen LogP contribution in [0.15, 0.2) is 121 Å². The molecule has 0 saturated heterocycles. The molecule has 0 N–H and O–H groups in total. The fourth-order valence-electron chi connectivity index (χ4n) is 7.91. The molecule has 0 amide bonds. The van der Waals surface area contributed by atoms with E-state index in [1.54, 1.807) is 0 Å². The molecule has 0 radical (unpaired) electrons. The van der Waals surface area contributed by atoms with Gasteiger partial charge in [-0.3, -0.25) is 0 Å². The Kier molecular flexibility index (Phi) is 19.3. The molecule has 350 valence electrons. The van der Waals surface area contributed by atoms with Crippen LogP contribution in [0, 0.1) is 138 Å². The van der Waals surface area contributed by atoms with Crippen molar-refractivity contribution in [3.8, 4) is 11.1 Å². The molecule has 0 heteroatoms. The van der Waals surface area contributed by atoms with E-state index in [4.69, 9.17) is 0 Å². The lowest BCUT2D eigenvalue weighted by Crippen LogP contribution is -1.92. The van der Waals surface area contributed by atoms with Crippen LogP contribution in [0.4, 0.5) is 0 Å². The van der Waals surface area contributed by atoms with Gasteiger partial charge in [0.15, 0.2) is 0 Å². The molecule has 0 aliphatic carbocycles. The molecule has 0 nitrogen and oxygen atoms in total. The number of hydrogen-bond acceptors (Lipinski definition) is 0. The fraction of sp³-hybridized carbons (Fsp3) is 0.313. The first kappa shape index (κ1) is 53.6. The van der Waals surface area contributed by atoms with Crippen molar-refractivity contribution >= 4 is 10.8 Å². The van der Waals surface area contributed by atoms with E-state index in [0.29, 0.717) is 0 Å². The van der Waals surface area contributed by atoms with Gasteiger partial charge in [0.25, 0.3) is 0 Å². The van der Waals surface area contributed by atoms with Crippen LogP contribution in [0.5, 0.6) is 0 Å². The Labute approximate surface area is 408 Å². The Hall–Kier alpha value is -5.98.